The highest BCUT2D eigenvalue weighted by Crippen LogP contribution is 2.01. The Morgan fingerprint density at radius 2 is 1.80 bits per heavy atom. The van der Waals surface area contributed by atoms with Crippen LogP contribution in [0.15, 0.2) is 24.3 Å². The summed E-state index contributed by atoms with van der Waals surface area (Å²) in [7, 11) is 0. The first kappa shape index (κ1) is 13.9. The molecule has 1 unspecified atom stereocenters. The molecule has 1 amide bonds. The molecule has 3 nitrogen and oxygen atoms in total. The number of aliphatic hydroxyl groups excluding tert-OH is 1. The molecule has 1 atom stereocenters. The van der Waals surface area contributed by atoms with E-state index in [4.69, 9.17) is 0 Å². The fourth-order valence-electron chi connectivity index (χ4n) is 0.876. The molecule has 0 aliphatic heterocycles. The summed E-state index contributed by atoms with van der Waals surface area (Å²) in [5.41, 5.74) is 0. The number of nitrogens with one attached hydrogen (secondary N) is 1. The van der Waals surface area contributed by atoms with Gasteiger partial charge in [0.1, 0.15) is 0 Å². The molecule has 0 saturated carbocycles. The van der Waals surface area contributed by atoms with Gasteiger partial charge in [0.25, 0.3) is 0 Å². The molecule has 0 saturated heterocycles. The molecule has 0 aliphatic rings. The maximum absolute atomic E-state index is 11.1. The summed E-state index contributed by atoms with van der Waals surface area (Å²) in [4.78, 5) is 11.1. The molecule has 0 bridgehead atoms. The third-order valence-electron chi connectivity index (χ3n) is 1.78. The predicted octanol–water partition coefficient (Wildman–Crippen LogP) is 1.64. The fourth-order valence-corrected chi connectivity index (χ4v) is 0.876. The molecule has 0 radical (unpaired) electrons. The monoisotopic (exact) mass is 211 g/mol. The van der Waals surface area contributed by atoms with E-state index in [0.717, 1.165) is 0 Å². The number of hydrogen-bond donors (Lipinski definition) is 2. The van der Waals surface area contributed by atoms with Gasteiger partial charge in [0.2, 0.25) is 5.91 Å². The Balaban J connectivity index is 3.93. The van der Waals surface area contributed by atoms with Crippen molar-refractivity contribution < 1.29 is 9.90 Å². The topological polar surface area (TPSA) is 49.3 Å². The highest BCUT2D eigenvalue weighted by atomic mass is 16.3. The van der Waals surface area contributed by atoms with Crippen molar-refractivity contribution in [1.82, 2.24) is 5.32 Å². The number of rotatable bonds is 5. The zero-order chi connectivity index (χ0) is 11.8. The minimum absolute atomic E-state index is 0.117. The lowest BCUT2D eigenvalue weighted by molar-refractivity contribution is -0.116. The Hall–Kier alpha value is -1.09. The first-order valence-electron chi connectivity index (χ1n) is 5.27. The smallest absolute Gasteiger partial charge is 0.244 e. The van der Waals surface area contributed by atoms with Gasteiger partial charge >= 0.3 is 0 Å². The molecule has 15 heavy (non-hydrogen) atoms. The fraction of sp³-hybridized carbons (Fsp3) is 0.583. The number of allylic oxidation sites excluding steroid dienone is 2. The van der Waals surface area contributed by atoms with Crippen molar-refractivity contribution in [1.29, 1.82) is 0 Å². The Morgan fingerprint density at radius 3 is 2.27 bits per heavy atom. The normalized spacial score (nSPS) is 14.3. The van der Waals surface area contributed by atoms with Crippen LogP contribution < -0.4 is 5.32 Å². The van der Waals surface area contributed by atoms with Crippen LogP contribution in [0, 0.1) is 5.92 Å². The van der Waals surface area contributed by atoms with Crippen molar-refractivity contribution in [2.24, 2.45) is 5.92 Å². The Labute approximate surface area is 91.9 Å². The average Bonchev–Trinajstić information content (AvgIpc) is 2.10. The molecule has 0 aromatic rings. The first-order valence-corrected chi connectivity index (χ1v) is 5.27. The van der Waals surface area contributed by atoms with E-state index in [-0.39, 0.29) is 17.9 Å². The molecule has 0 rings (SSSR count). The summed E-state index contributed by atoms with van der Waals surface area (Å²) in [6.45, 7) is 7.68. The van der Waals surface area contributed by atoms with Crippen LogP contribution in [0.25, 0.3) is 0 Å². The summed E-state index contributed by atoms with van der Waals surface area (Å²) < 4.78 is 0. The second kappa shape index (κ2) is 7.23. The highest BCUT2D eigenvalue weighted by Gasteiger charge is 2.02. The van der Waals surface area contributed by atoms with Crippen LogP contribution in [0.2, 0.25) is 0 Å². The molecular weight excluding hydrogens is 190 g/mol. The third-order valence-corrected chi connectivity index (χ3v) is 1.78. The Morgan fingerprint density at radius 1 is 1.20 bits per heavy atom. The van der Waals surface area contributed by atoms with E-state index in [0.29, 0.717) is 0 Å². The molecule has 2 N–H and O–H groups in total. The minimum Gasteiger partial charge on any atom is -0.389 e. The second-order valence-electron chi connectivity index (χ2n) is 4.14. The van der Waals surface area contributed by atoms with Crippen molar-refractivity contribution in [2.75, 3.05) is 0 Å². The van der Waals surface area contributed by atoms with E-state index in [1.54, 1.807) is 18.2 Å². The van der Waals surface area contributed by atoms with Gasteiger partial charge in [-0.2, -0.15) is 0 Å². The number of hydrogen-bond acceptors (Lipinski definition) is 2. The Kier molecular flexibility index (Phi) is 6.71. The van der Waals surface area contributed by atoms with E-state index >= 15 is 0 Å². The van der Waals surface area contributed by atoms with Crippen LogP contribution in [0.4, 0.5) is 0 Å². The summed E-state index contributed by atoms with van der Waals surface area (Å²) in [6.07, 6.45) is 5.98. The molecule has 0 fully saturated rings. The van der Waals surface area contributed by atoms with Gasteiger partial charge in [0, 0.05) is 12.1 Å². The zero-order valence-corrected chi connectivity index (χ0v) is 9.90. The standard InChI is InChI=1S/C12H21NO2/c1-9(2)11(14)7-5-6-8-12(15)13-10(3)4/h5-11,14H,1-4H3,(H,13,15)/b7-5+,8-6+. The molecule has 0 aromatic carbocycles. The first-order chi connectivity index (χ1) is 6.93. The summed E-state index contributed by atoms with van der Waals surface area (Å²) in [5, 5.41) is 12.1. The maximum atomic E-state index is 11.1. The van der Waals surface area contributed by atoms with Crippen LogP contribution >= 0.6 is 0 Å². The summed E-state index contributed by atoms with van der Waals surface area (Å²) in [6, 6.07) is 0.146. The van der Waals surface area contributed by atoms with Gasteiger partial charge < -0.3 is 10.4 Å². The van der Waals surface area contributed by atoms with Gasteiger partial charge in [-0.15, -0.1) is 0 Å². The van der Waals surface area contributed by atoms with E-state index < -0.39 is 6.10 Å². The van der Waals surface area contributed by atoms with E-state index in [1.807, 2.05) is 27.7 Å². The lowest BCUT2D eigenvalue weighted by Crippen LogP contribution is -2.28. The zero-order valence-electron chi connectivity index (χ0n) is 9.90. The summed E-state index contributed by atoms with van der Waals surface area (Å²) >= 11 is 0. The molecule has 0 aromatic heterocycles. The van der Waals surface area contributed by atoms with Gasteiger partial charge in [0.05, 0.1) is 6.10 Å². The van der Waals surface area contributed by atoms with Crippen LogP contribution in [-0.4, -0.2) is 23.2 Å². The predicted molar refractivity (Wildman–Crippen MR) is 62.4 cm³/mol. The van der Waals surface area contributed by atoms with E-state index in [9.17, 15) is 9.90 Å². The van der Waals surface area contributed by atoms with Crippen molar-refractivity contribution in [2.45, 2.75) is 39.8 Å². The molecule has 86 valence electrons. The van der Waals surface area contributed by atoms with Gasteiger partial charge in [-0.3, -0.25) is 4.79 Å². The largest absolute Gasteiger partial charge is 0.389 e. The van der Waals surface area contributed by atoms with Gasteiger partial charge in [0.15, 0.2) is 0 Å². The third kappa shape index (κ3) is 7.94. The second-order valence-corrected chi connectivity index (χ2v) is 4.14. The number of amides is 1. The SMILES string of the molecule is CC(C)NC(=O)/C=C/C=C/C(O)C(C)C. The van der Waals surface area contributed by atoms with Crippen molar-refractivity contribution in [3.05, 3.63) is 24.3 Å². The summed E-state index contributed by atoms with van der Waals surface area (Å²) in [5.74, 6) is 0.0767. The number of carbonyl (C=O) groups excluding carboxylic acids is 1. The van der Waals surface area contributed by atoms with E-state index in [1.165, 1.54) is 6.08 Å². The lowest BCUT2D eigenvalue weighted by Gasteiger charge is -2.07. The number of carbonyl (C=O) groups is 1. The van der Waals surface area contributed by atoms with Crippen LogP contribution in [-0.2, 0) is 4.79 Å². The molecule has 3 heteroatoms. The molecule has 0 spiro atoms. The number of aliphatic hydroxyl groups is 1. The van der Waals surface area contributed by atoms with Gasteiger partial charge in [-0.05, 0) is 19.8 Å². The minimum atomic E-state index is -0.456. The van der Waals surface area contributed by atoms with E-state index in [2.05, 4.69) is 5.32 Å². The van der Waals surface area contributed by atoms with Crippen molar-refractivity contribution in [3.8, 4) is 0 Å². The van der Waals surface area contributed by atoms with Crippen molar-refractivity contribution >= 4 is 5.91 Å². The lowest BCUT2D eigenvalue weighted by atomic mass is 10.1. The average molecular weight is 211 g/mol. The molecule has 0 heterocycles. The van der Waals surface area contributed by atoms with Gasteiger partial charge in [-0.1, -0.05) is 32.1 Å². The maximum Gasteiger partial charge on any atom is 0.244 e. The Bertz CT molecular complexity index is 242. The quantitative estimate of drug-likeness (QED) is 0.536. The van der Waals surface area contributed by atoms with Gasteiger partial charge in [-0.25, -0.2) is 0 Å². The van der Waals surface area contributed by atoms with Crippen LogP contribution in [0.1, 0.15) is 27.7 Å². The highest BCUT2D eigenvalue weighted by molar-refractivity contribution is 5.87. The van der Waals surface area contributed by atoms with Crippen molar-refractivity contribution in [3.63, 3.8) is 0 Å². The van der Waals surface area contributed by atoms with Crippen LogP contribution in [0.5, 0.6) is 0 Å². The molecule has 0 aliphatic carbocycles. The van der Waals surface area contributed by atoms with Crippen LogP contribution in [0.3, 0.4) is 0 Å². The molecular formula is C12H21NO2.